The minimum Gasteiger partial charge on any atom is -0.482 e. The van der Waals surface area contributed by atoms with Gasteiger partial charge in [0.05, 0.1) is 17.1 Å². The van der Waals surface area contributed by atoms with E-state index in [2.05, 4.69) is 0 Å². The summed E-state index contributed by atoms with van der Waals surface area (Å²) in [6.45, 7) is 1.94. The first kappa shape index (κ1) is 12.3. The summed E-state index contributed by atoms with van der Waals surface area (Å²) < 4.78 is 5.42. The van der Waals surface area contributed by atoms with Crippen LogP contribution in [0.4, 0.5) is 22.7 Å². The normalized spacial score (nSPS) is 13.8. The number of rotatable bonds is 1. The minimum absolute atomic E-state index is 0.00962. The van der Waals surface area contributed by atoms with E-state index in [0.29, 0.717) is 28.5 Å². The molecule has 0 aliphatic carbocycles. The minimum atomic E-state index is -0.166. The summed E-state index contributed by atoms with van der Waals surface area (Å²) in [5.41, 5.74) is 15.2. The molecule has 1 aliphatic heterocycles. The van der Waals surface area contributed by atoms with Crippen molar-refractivity contribution in [3.8, 4) is 5.75 Å². The SMILES string of the molecule is Cc1ccc(N)c(N2C(=O)COc3ccc(N)cc32)c1. The number of benzene rings is 2. The predicted molar refractivity (Wildman–Crippen MR) is 79.1 cm³/mol. The van der Waals surface area contributed by atoms with Crippen LogP contribution >= 0.6 is 0 Å². The Morgan fingerprint density at radius 1 is 1.10 bits per heavy atom. The van der Waals surface area contributed by atoms with Crippen LogP contribution in [0.5, 0.6) is 5.75 Å². The number of nitrogens with two attached hydrogens (primary N) is 2. The van der Waals surface area contributed by atoms with Crippen molar-refractivity contribution in [3.05, 3.63) is 42.0 Å². The fraction of sp³-hybridized carbons (Fsp3) is 0.133. The highest BCUT2D eigenvalue weighted by Gasteiger charge is 2.28. The van der Waals surface area contributed by atoms with Gasteiger partial charge in [0.15, 0.2) is 6.61 Å². The summed E-state index contributed by atoms with van der Waals surface area (Å²) in [7, 11) is 0. The van der Waals surface area contributed by atoms with Gasteiger partial charge in [0, 0.05) is 5.69 Å². The number of hydrogen-bond acceptors (Lipinski definition) is 4. The first-order valence-corrected chi connectivity index (χ1v) is 6.27. The molecule has 1 aliphatic rings. The molecular weight excluding hydrogens is 254 g/mol. The van der Waals surface area contributed by atoms with Crippen LogP contribution in [0.25, 0.3) is 0 Å². The average molecular weight is 269 g/mol. The zero-order chi connectivity index (χ0) is 14.3. The molecule has 0 saturated heterocycles. The maximum Gasteiger partial charge on any atom is 0.269 e. The van der Waals surface area contributed by atoms with Crippen molar-refractivity contribution in [3.63, 3.8) is 0 Å². The molecule has 0 spiro atoms. The summed E-state index contributed by atoms with van der Waals surface area (Å²) in [5.74, 6) is 0.458. The van der Waals surface area contributed by atoms with E-state index < -0.39 is 0 Å². The van der Waals surface area contributed by atoms with Gasteiger partial charge in [0.2, 0.25) is 0 Å². The molecule has 0 radical (unpaired) electrons. The maximum absolute atomic E-state index is 12.2. The van der Waals surface area contributed by atoms with Crippen LogP contribution in [-0.2, 0) is 4.79 Å². The molecule has 2 aromatic carbocycles. The molecule has 5 nitrogen and oxygen atoms in total. The van der Waals surface area contributed by atoms with E-state index in [1.807, 2.05) is 19.1 Å². The Hall–Kier alpha value is -2.69. The molecule has 0 unspecified atom stereocenters. The molecule has 0 aromatic heterocycles. The van der Waals surface area contributed by atoms with Crippen molar-refractivity contribution < 1.29 is 9.53 Å². The third-order valence-corrected chi connectivity index (χ3v) is 3.25. The zero-order valence-corrected chi connectivity index (χ0v) is 11.1. The lowest BCUT2D eigenvalue weighted by molar-refractivity contribution is -0.120. The topological polar surface area (TPSA) is 81.6 Å². The van der Waals surface area contributed by atoms with Crippen LogP contribution in [0.3, 0.4) is 0 Å². The quantitative estimate of drug-likeness (QED) is 0.778. The number of aryl methyl sites for hydroxylation is 1. The van der Waals surface area contributed by atoms with Crippen LogP contribution in [0, 0.1) is 6.92 Å². The second kappa shape index (κ2) is 4.45. The Balaban J connectivity index is 2.20. The fourth-order valence-corrected chi connectivity index (χ4v) is 2.28. The number of carbonyl (C=O) groups excluding carboxylic acids is 1. The van der Waals surface area contributed by atoms with Gasteiger partial charge in [0.1, 0.15) is 5.75 Å². The Labute approximate surface area is 116 Å². The Kier molecular flexibility index (Phi) is 2.75. The van der Waals surface area contributed by atoms with Gasteiger partial charge in [-0.3, -0.25) is 9.69 Å². The summed E-state index contributed by atoms with van der Waals surface area (Å²) in [5, 5.41) is 0. The Morgan fingerprint density at radius 3 is 2.70 bits per heavy atom. The summed E-state index contributed by atoms with van der Waals surface area (Å²) >= 11 is 0. The van der Waals surface area contributed by atoms with E-state index in [0.717, 1.165) is 5.56 Å². The van der Waals surface area contributed by atoms with E-state index in [1.165, 1.54) is 0 Å². The van der Waals surface area contributed by atoms with E-state index in [1.54, 1.807) is 29.2 Å². The van der Waals surface area contributed by atoms with Crippen molar-refractivity contribution in [1.82, 2.24) is 0 Å². The van der Waals surface area contributed by atoms with Gasteiger partial charge in [0.25, 0.3) is 5.91 Å². The van der Waals surface area contributed by atoms with Gasteiger partial charge < -0.3 is 16.2 Å². The molecule has 20 heavy (non-hydrogen) atoms. The first-order valence-electron chi connectivity index (χ1n) is 6.27. The number of nitrogens with zero attached hydrogens (tertiary/aromatic N) is 1. The molecule has 0 bridgehead atoms. The summed E-state index contributed by atoms with van der Waals surface area (Å²) in [6.07, 6.45) is 0. The number of hydrogen-bond donors (Lipinski definition) is 2. The third kappa shape index (κ3) is 1.93. The highest BCUT2D eigenvalue weighted by atomic mass is 16.5. The Bertz CT molecular complexity index is 698. The van der Waals surface area contributed by atoms with Crippen molar-refractivity contribution >= 4 is 28.7 Å². The monoisotopic (exact) mass is 269 g/mol. The molecule has 0 saturated carbocycles. The van der Waals surface area contributed by atoms with Crippen LogP contribution in [0.2, 0.25) is 0 Å². The average Bonchev–Trinajstić information content (AvgIpc) is 2.42. The number of fused-ring (bicyclic) bond motifs is 1. The van der Waals surface area contributed by atoms with Gasteiger partial charge in [-0.2, -0.15) is 0 Å². The predicted octanol–water partition coefficient (Wildman–Crippen LogP) is 2.22. The van der Waals surface area contributed by atoms with E-state index in [9.17, 15) is 4.79 Å². The van der Waals surface area contributed by atoms with Crippen LogP contribution in [-0.4, -0.2) is 12.5 Å². The van der Waals surface area contributed by atoms with E-state index >= 15 is 0 Å². The lowest BCUT2D eigenvalue weighted by Gasteiger charge is -2.30. The molecule has 1 heterocycles. The van der Waals surface area contributed by atoms with Crippen LogP contribution < -0.4 is 21.1 Å². The van der Waals surface area contributed by atoms with Crippen molar-refractivity contribution in [2.75, 3.05) is 23.0 Å². The molecule has 2 aromatic rings. The molecule has 102 valence electrons. The number of amides is 1. The molecule has 1 amide bonds. The van der Waals surface area contributed by atoms with Crippen molar-refractivity contribution in [1.29, 1.82) is 0 Å². The van der Waals surface area contributed by atoms with Gasteiger partial charge >= 0.3 is 0 Å². The van der Waals surface area contributed by atoms with Gasteiger partial charge in [-0.05, 0) is 42.8 Å². The number of ether oxygens (including phenoxy) is 1. The molecule has 0 fully saturated rings. The molecule has 0 atom stereocenters. The van der Waals surface area contributed by atoms with Gasteiger partial charge in [-0.1, -0.05) is 6.07 Å². The maximum atomic E-state index is 12.2. The van der Waals surface area contributed by atoms with Crippen molar-refractivity contribution in [2.45, 2.75) is 6.92 Å². The van der Waals surface area contributed by atoms with Crippen LogP contribution in [0.1, 0.15) is 5.56 Å². The highest BCUT2D eigenvalue weighted by Crippen LogP contribution is 2.40. The smallest absolute Gasteiger partial charge is 0.269 e. The number of anilines is 4. The standard InChI is InChI=1S/C15H15N3O2/c1-9-2-4-11(17)12(6-9)18-13-7-10(16)3-5-14(13)20-8-15(18)19/h2-7H,8,16-17H2,1H3. The van der Waals surface area contributed by atoms with Gasteiger partial charge in [-0.25, -0.2) is 0 Å². The van der Waals surface area contributed by atoms with Gasteiger partial charge in [-0.15, -0.1) is 0 Å². The lowest BCUT2D eigenvalue weighted by Crippen LogP contribution is -2.35. The number of carbonyl (C=O) groups is 1. The molecule has 3 rings (SSSR count). The zero-order valence-electron chi connectivity index (χ0n) is 11.1. The van der Waals surface area contributed by atoms with E-state index in [-0.39, 0.29) is 12.5 Å². The molecule has 5 heteroatoms. The second-order valence-corrected chi connectivity index (χ2v) is 4.81. The molecule has 4 N–H and O–H groups in total. The largest absolute Gasteiger partial charge is 0.482 e. The van der Waals surface area contributed by atoms with Crippen LogP contribution in [0.15, 0.2) is 36.4 Å². The Morgan fingerprint density at radius 2 is 1.90 bits per heavy atom. The van der Waals surface area contributed by atoms with Crippen molar-refractivity contribution in [2.24, 2.45) is 0 Å². The third-order valence-electron chi connectivity index (χ3n) is 3.25. The molecular formula is C15H15N3O2. The number of nitrogen functional groups attached to an aromatic ring is 2. The summed E-state index contributed by atoms with van der Waals surface area (Å²) in [4.78, 5) is 13.8. The second-order valence-electron chi connectivity index (χ2n) is 4.81. The van der Waals surface area contributed by atoms with E-state index in [4.69, 9.17) is 16.2 Å². The summed E-state index contributed by atoms with van der Waals surface area (Å²) in [6, 6.07) is 10.8. The lowest BCUT2D eigenvalue weighted by atomic mass is 10.1. The fourth-order valence-electron chi connectivity index (χ4n) is 2.28. The first-order chi connectivity index (χ1) is 9.56. The highest BCUT2D eigenvalue weighted by molar-refractivity contribution is 6.06.